The lowest BCUT2D eigenvalue weighted by atomic mass is 9.80. The van der Waals surface area contributed by atoms with Gasteiger partial charge < -0.3 is 19.9 Å². The van der Waals surface area contributed by atoms with E-state index in [9.17, 15) is 23.1 Å². The molecule has 2 saturated heterocycles. The Morgan fingerprint density at radius 1 is 0.977 bits per heavy atom. The largest absolute Gasteiger partial charge is 0.475 e. The molecular weight excluding hydrogens is 569 g/mol. The molecule has 7 rings (SSSR count). The number of nitrogens with one attached hydrogen (secondary N) is 1. The van der Waals surface area contributed by atoms with Gasteiger partial charge in [-0.15, -0.1) is 0 Å². The molecule has 2 aromatic carbocycles. The van der Waals surface area contributed by atoms with Crippen LogP contribution in [0.1, 0.15) is 85.1 Å². The molecule has 2 N–H and O–H groups in total. The molecule has 44 heavy (non-hydrogen) atoms. The van der Waals surface area contributed by atoms with Gasteiger partial charge in [-0.3, -0.25) is 0 Å². The summed E-state index contributed by atoms with van der Waals surface area (Å²) in [5, 5.41) is 13.3. The number of aromatic nitrogens is 4. The standard InChI is InChI=1S/C33H35F3N6O2/c1-19(21-8-5-9-21)37-28-27-29(39-30(38-28)31(43)44)40-32(41(27)18-20-10-12-24(13-11-20)33(34,35)36)42-25-14-15-26(42)17-23(16-25)22-6-3-2-4-7-22/h2-4,6-7,10-13,19,21,23,25-26H,5,8-9,14-18H2,1H3,(H,43,44)(H,37,38,39)/t19-,23-,25-,26+/m1/s1. The van der Waals surface area contributed by atoms with E-state index in [1.807, 2.05) is 10.6 Å². The second kappa shape index (κ2) is 11.1. The summed E-state index contributed by atoms with van der Waals surface area (Å²) in [5.41, 5.74) is 2.14. The minimum Gasteiger partial charge on any atom is -0.475 e. The SMILES string of the molecule is C[C@@H](Nc1nc(C(=O)O)nc2nc(N3[C@@H]4CC[C@H]3C[C@H](c3ccccc3)C4)n(Cc3ccc(C(F)(F)F)cc3)c12)C1CCC1. The lowest BCUT2D eigenvalue weighted by molar-refractivity contribution is -0.137. The molecule has 0 spiro atoms. The van der Waals surface area contributed by atoms with E-state index in [1.165, 1.54) is 17.7 Å². The van der Waals surface area contributed by atoms with Gasteiger partial charge in [0.15, 0.2) is 11.5 Å². The number of piperidine rings is 1. The number of hydrogen-bond donors (Lipinski definition) is 2. The highest BCUT2D eigenvalue weighted by Crippen LogP contribution is 2.46. The van der Waals surface area contributed by atoms with Crippen LogP contribution in [-0.4, -0.2) is 48.7 Å². The van der Waals surface area contributed by atoms with Crippen molar-refractivity contribution >= 4 is 28.9 Å². The highest BCUT2D eigenvalue weighted by molar-refractivity contribution is 5.92. The number of hydrogen-bond acceptors (Lipinski definition) is 6. The quantitative estimate of drug-likeness (QED) is 0.221. The zero-order valence-electron chi connectivity index (χ0n) is 24.5. The third-order valence-electron chi connectivity index (χ3n) is 9.85. The topological polar surface area (TPSA) is 96.2 Å². The summed E-state index contributed by atoms with van der Waals surface area (Å²) in [5.74, 6) is 0.355. The fourth-order valence-electron chi connectivity index (χ4n) is 7.32. The van der Waals surface area contributed by atoms with Gasteiger partial charge in [-0.05, 0) is 80.5 Å². The molecule has 3 aliphatic rings. The van der Waals surface area contributed by atoms with E-state index in [0.717, 1.165) is 57.1 Å². The molecule has 4 aromatic rings. The number of rotatable bonds is 8. The van der Waals surface area contributed by atoms with Crippen LogP contribution in [0, 0.1) is 5.92 Å². The Bertz CT molecular complexity index is 1660. The van der Waals surface area contributed by atoms with Crippen LogP contribution in [-0.2, 0) is 12.7 Å². The monoisotopic (exact) mass is 604 g/mol. The van der Waals surface area contributed by atoms with Crippen LogP contribution in [0.15, 0.2) is 54.6 Å². The Hall–Kier alpha value is -4.15. The zero-order valence-corrected chi connectivity index (χ0v) is 24.5. The third kappa shape index (κ3) is 5.26. The predicted molar refractivity (Wildman–Crippen MR) is 161 cm³/mol. The molecule has 0 unspecified atom stereocenters. The van der Waals surface area contributed by atoms with E-state index in [1.54, 1.807) is 0 Å². The van der Waals surface area contributed by atoms with Crippen LogP contribution >= 0.6 is 0 Å². The van der Waals surface area contributed by atoms with Crippen LogP contribution in [0.2, 0.25) is 0 Å². The molecule has 1 aliphatic carbocycles. The van der Waals surface area contributed by atoms with Crippen LogP contribution in [0.4, 0.5) is 24.9 Å². The molecule has 2 bridgehead atoms. The maximum atomic E-state index is 13.3. The van der Waals surface area contributed by atoms with Crippen LogP contribution < -0.4 is 10.2 Å². The molecule has 8 nitrogen and oxygen atoms in total. The molecule has 11 heteroatoms. The highest BCUT2D eigenvalue weighted by Gasteiger charge is 2.43. The number of alkyl halides is 3. The first-order valence-corrected chi connectivity index (χ1v) is 15.4. The minimum atomic E-state index is -4.43. The molecule has 230 valence electrons. The van der Waals surface area contributed by atoms with E-state index in [2.05, 4.69) is 51.4 Å². The number of aromatic carboxylic acids is 1. The molecule has 4 heterocycles. The summed E-state index contributed by atoms with van der Waals surface area (Å²) in [6.45, 7) is 2.31. The van der Waals surface area contributed by atoms with Gasteiger partial charge >= 0.3 is 12.1 Å². The van der Waals surface area contributed by atoms with Crippen molar-refractivity contribution in [3.05, 3.63) is 77.1 Å². The second-order valence-corrected chi connectivity index (χ2v) is 12.6. The van der Waals surface area contributed by atoms with Gasteiger partial charge in [0.1, 0.15) is 5.52 Å². The molecule has 3 fully saturated rings. The van der Waals surface area contributed by atoms with Crippen molar-refractivity contribution in [3.8, 4) is 0 Å². The van der Waals surface area contributed by atoms with Gasteiger partial charge in [-0.2, -0.15) is 18.2 Å². The number of benzene rings is 2. The van der Waals surface area contributed by atoms with Crippen molar-refractivity contribution in [3.63, 3.8) is 0 Å². The zero-order chi connectivity index (χ0) is 30.6. The van der Waals surface area contributed by atoms with Gasteiger partial charge in [0.25, 0.3) is 0 Å². The molecule has 2 aliphatic heterocycles. The second-order valence-electron chi connectivity index (χ2n) is 12.6. The molecule has 1 saturated carbocycles. The van der Waals surface area contributed by atoms with E-state index in [0.29, 0.717) is 34.7 Å². The van der Waals surface area contributed by atoms with Crippen molar-refractivity contribution in [2.75, 3.05) is 10.2 Å². The minimum absolute atomic E-state index is 0.0548. The smallest absolute Gasteiger partial charge is 0.416 e. The summed E-state index contributed by atoms with van der Waals surface area (Å²) < 4.78 is 42.0. The van der Waals surface area contributed by atoms with Gasteiger partial charge in [-0.25, -0.2) is 14.8 Å². The third-order valence-corrected chi connectivity index (χ3v) is 9.85. The summed E-state index contributed by atoms with van der Waals surface area (Å²) in [7, 11) is 0. The number of carbonyl (C=O) groups is 1. The maximum absolute atomic E-state index is 13.3. The lowest BCUT2D eigenvalue weighted by Crippen LogP contribution is -2.44. The molecule has 0 amide bonds. The van der Waals surface area contributed by atoms with Gasteiger partial charge in [0.05, 0.1) is 12.1 Å². The predicted octanol–water partition coefficient (Wildman–Crippen LogP) is 7.11. The van der Waals surface area contributed by atoms with Gasteiger partial charge in [-0.1, -0.05) is 48.9 Å². The number of halogens is 3. The van der Waals surface area contributed by atoms with Crippen LogP contribution in [0.5, 0.6) is 0 Å². The van der Waals surface area contributed by atoms with Crippen LogP contribution in [0.25, 0.3) is 11.2 Å². The highest BCUT2D eigenvalue weighted by atomic mass is 19.4. The maximum Gasteiger partial charge on any atom is 0.416 e. The Morgan fingerprint density at radius 3 is 2.25 bits per heavy atom. The number of fused-ring (bicyclic) bond motifs is 3. The Balaban J connectivity index is 1.33. The van der Waals surface area contributed by atoms with Gasteiger partial charge in [0.2, 0.25) is 11.8 Å². The van der Waals surface area contributed by atoms with E-state index in [4.69, 9.17) is 4.98 Å². The summed E-state index contributed by atoms with van der Waals surface area (Å²) >= 11 is 0. The molecule has 4 atom stereocenters. The van der Waals surface area contributed by atoms with E-state index >= 15 is 0 Å². The average Bonchev–Trinajstić information content (AvgIpc) is 3.44. The van der Waals surface area contributed by atoms with Crippen molar-refractivity contribution in [1.29, 1.82) is 0 Å². The number of anilines is 2. The molecule has 0 radical (unpaired) electrons. The fraction of sp³-hybridized carbons (Fsp3) is 0.455. The van der Waals surface area contributed by atoms with Gasteiger partial charge in [0, 0.05) is 18.1 Å². The molecular formula is C33H35F3N6O2. The number of imidazole rings is 1. The van der Waals surface area contributed by atoms with Crippen molar-refractivity contribution < 1.29 is 23.1 Å². The summed E-state index contributed by atoms with van der Waals surface area (Å²) in [6.07, 6.45) is 2.84. The Kier molecular flexibility index (Phi) is 7.21. The lowest BCUT2D eigenvalue weighted by Gasteiger charge is -2.40. The first kappa shape index (κ1) is 28.6. The van der Waals surface area contributed by atoms with E-state index < -0.39 is 17.7 Å². The molecule has 2 aromatic heterocycles. The number of nitrogens with zero attached hydrogens (tertiary/aromatic N) is 5. The Labute approximate surface area is 253 Å². The number of carboxylic acid groups (broad SMARTS) is 1. The Morgan fingerprint density at radius 2 is 1.66 bits per heavy atom. The first-order chi connectivity index (χ1) is 21.2. The average molecular weight is 605 g/mol. The normalized spacial score (nSPS) is 22.6. The van der Waals surface area contributed by atoms with Crippen molar-refractivity contribution in [2.24, 2.45) is 5.92 Å². The summed E-state index contributed by atoms with van der Waals surface area (Å²) in [6, 6.07) is 16.2. The summed E-state index contributed by atoms with van der Waals surface area (Å²) in [4.78, 5) is 28.2. The van der Waals surface area contributed by atoms with Crippen LogP contribution in [0.3, 0.4) is 0 Å². The van der Waals surface area contributed by atoms with Crippen molar-refractivity contribution in [1.82, 2.24) is 19.5 Å². The fourth-order valence-corrected chi connectivity index (χ4v) is 7.32. The first-order valence-electron chi connectivity index (χ1n) is 15.4. The van der Waals surface area contributed by atoms with Crippen molar-refractivity contribution in [2.45, 2.75) is 88.6 Å². The number of carboxylic acids is 1. The van der Waals surface area contributed by atoms with E-state index in [-0.39, 0.29) is 36.1 Å².